The fraction of sp³-hybridized carbons (Fsp3) is 0.514. The van der Waals surface area contributed by atoms with Crippen LogP contribution in [0.25, 0.3) is 5.57 Å². The van der Waals surface area contributed by atoms with Crippen molar-refractivity contribution in [3.63, 3.8) is 0 Å². The lowest BCUT2D eigenvalue weighted by Gasteiger charge is -2.49. The zero-order chi connectivity index (χ0) is 33.7. The molecule has 2 N–H and O–H groups in total. The maximum atomic E-state index is 13.1. The topological polar surface area (TPSA) is 106 Å². The highest BCUT2D eigenvalue weighted by molar-refractivity contribution is 7.92. The number of hydrogen-bond donors (Lipinski definition) is 2. The van der Waals surface area contributed by atoms with Gasteiger partial charge in [-0.15, -0.1) is 0 Å². The molecule has 0 bridgehead atoms. The second-order valence-electron chi connectivity index (χ2n) is 14.3. The van der Waals surface area contributed by atoms with Crippen LogP contribution >= 0.6 is 11.6 Å². The summed E-state index contributed by atoms with van der Waals surface area (Å²) in [5, 5.41) is 6.20. The third-order valence-corrected chi connectivity index (χ3v) is 12.4. The molecule has 0 amide bonds. The van der Waals surface area contributed by atoms with Gasteiger partial charge >= 0.3 is 0 Å². The van der Waals surface area contributed by atoms with Gasteiger partial charge in [0.05, 0.1) is 53.1 Å². The lowest BCUT2D eigenvalue weighted by Crippen LogP contribution is -2.59. The number of halogens is 1. The van der Waals surface area contributed by atoms with Crippen LogP contribution in [0.1, 0.15) is 70.9 Å². The van der Waals surface area contributed by atoms with E-state index in [0.717, 1.165) is 48.5 Å². The molecule has 2 saturated carbocycles. The van der Waals surface area contributed by atoms with E-state index < -0.39 is 15.1 Å². The van der Waals surface area contributed by atoms with Gasteiger partial charge in [-0.3, -0.25) is 4.90 Å². The average Bonchev–Trinajstić information content (AvgIpc) is 3.94. The van der Waals surface area contributed by atoms with Crippen molar-refractivity contribution >= 4 is 50.2 Å². The average molecular weight is 692 g/mol. The van der Waals surface area contributed by atoms with Crippen LogP contribution in [0.4, 0.5) is 23.1 Å². The first kappa shape index (κ1) is 33.3. The summed E-state index contributed by atoms with van der Waals surface area (Å²) in [5.41, 5.74) is 4.97. The van der Waals surface area contributed by atoms with Crippen molar-refractivity contribution in [3.8, 4) is 5.75 Å². The van der Waals surface area contributed by atoms with Crippen molar-refractivity contribution in [2.75, 3.05) is 23.8 Å². The molecule has 2 atom stereocenters. The van der Waals surface area contributed by atoms with E-state index in [1.807, 2.05) is 13.8 Å². The Morgan fingerprint density at radius 3 is 2.38 bits per heavy atom. The SMILES string of the molecule is Cc1cc(Nc2ncc(Cl)c(Nc3ccccc3S(=O)(=O)C(C)C)n2)c(OC(C)C)cc1C1=CC(C2CC2)N(C2COC2)C(C2CC2)C1. The summed E-state index contributed by atoms with van der Waals surface area (Å²) in [7, 11) is -3.54. The summed E-state index contributed by atoms with van der Waals surface area (Å²) in [5.74, 6) is 2.84. The summed E-state index contributed by atoms with van der Waals surface area (Å²) in [6.45, 7) is 11.2. The smallest absolute Gasteiger partial charge is 0.229 e. The standard InChI is InChI=1S/C37H46ClN5O4S/c1-21(2)47-34-17-28(26-15-32(24-10-11-24)43(27-19-46-20-27)33(16-26)25-12-13-25)23(5)14-31(34)41-37-39-18-29(38)36(42-37)40-30-8-6-7-9-35(30)48(44,45)22(3)4/h6-9,14-15,17-18,21-22,24-25,27,32-33H,10-13,16,19-20H2,1-5H3,(H2,39,40,41,42). The van der Waals surface area contributed by atoms with Crippen molar-refractivity contribution in [2.45, 2.75) is 101 Å². The molecule has 256 valence electrons. The molecule has 2 aliphatic heterocycles. The van der Waals surface area contributed by atoms with Crippen molar-refractivity contribution in [2.24, 2.45) is 11.8 Å². The van der Waals surface area contributed by atoms with Crippen LogP contribution in [0.2, 0.25) is 5.02 Å². The number of hydrogen-bond acceptors (Lipinski definition) is 9. The maximum absolute atomic E-state index is 13.1. The molecule has 7 rings (SSSR count). The molecule has 3 heterocycles. The Morgan fingerprint density at radius 2 is 1.73 bits per heavy atom. The van der Waals surface area contributed by atoms with Gasteiger partial charge < -0.3 is 20.1 Å². The molecule has 2 unspecified atom stereocenters. The fourth-order valence-electron chi connectivity index (χ4n) is 7.05. The quantitative estimate of drug-likeness (QED) is 0.196. The highest BCUT2D eigenvalue weighted by Crippen LogP contribution is 2.50. The van der Waals surface area contributed by atoms with Crippen LogP contribution in [-0.2, 0) is 14.6 Å². The minimum absolute atomic E-state index is 0.0447. The molecule has 0 spiro atoms. The van der Waals surface area contributed by atoms with E-state index in [-0.39, 0.29) is 16.0 Å². The van der Waals surface area contributed by atoms with Crippen LogP contribution in [0.15, 0.2) is 53.6 Å². The van der Waals surface area contributed by atoms with E-state index in [0.29, 0.717) is 35.6 Å². The van der Waals surface area contributed by atoms with Gasteiger partial charge in [0.2, 0.25) is 5.95 Å². The molecule has 1 aromatic heterocycles. The zero-order valence-corrected chi connectivity index (χ0v) is 29.9. The van der Waals surface area contributed by atoms with E-state index in [2.05, 4.69) is 50.6 Å². The number of sulfone groups is 1. The predicted octanol–water partition coefficient (Wildman–Crippen LogP) is 7.94. The Labute approximate surface area is 289 Å². The van der Waals surface area contributed by atoms with Gasteiger partial charge in [-0.05, 0) is 120 Å². The van der Waals surface area contributed by atoms with Crippen molar-refractivity contribution in [3.05, 3.63) is 64.8 Å². The van der Waals surface area contributed by atoms with Crippen molar-refractivity contribution in [1.29, 1.82) is 0 Å². The number of anilines is 4. The van der Waals surface area contributed by atoms with Gasteiger partial charge in [-0.1, -0.05) is 29.8 Å². The van der Waals surface area contributed by atoms with Crippen LogP contribution in [0, 0.1) is 18.8 Å². The Morgan fingerprint density at radius 1 is 1.00 bits per heavy atom. The van der Waals surface area contributed by atoms with Crippen LogP contribution < -0.4 is 15.4 Å². The van der Waals surface area contributed by atoms with Gasteiger partial charge in [-0.25, -0.2) is 13.4 Å². The molecule has 0 radical (unpaired) electrons. The molecule has 2 aliphatic carbocycles. The van der Waals surface area contributed by atoms with Crippen molar-refractivity contribution < 1.29 is 17.9 Å². The summed E-state index contributed by atoms with van der Waals surface area (Å²) in [6.07, 6.45) is 10.3. The number of aromatic nitrogens is 2. The number of aryl methyl sites for hydroxylation is 1. The minimum atomic E-state index is -3.54. The summed E-state index contributed by atoms with van der Waals surface area (Å²) < 4.78 is 38.2. The zero-order valence-electron chi connectivity index (χ0n) is 28.4. The fourth-order valence-corrected chi connectivity index (χ4v) is 8.39. The van der Waals surface area contributed by atoms with E-state index >= 15 is 0 Å². The Bertz CT molecular complexity index is 1820. The normalized spacial score (nSPS) is 22.0. The van der Waals surface area contributed by atoms with E-state index in [9.17, 15) is 8.42 Å². The van der Waals surface area contributed by atoms with Gasteiger partial charge in [-0.2, -0.15) is 4.98 Å². The van der Waals surface area contributed by atoms with Crippen LogP contribution in [0.3, 0.4) is 0 Å². The molecule has 9 nitrogen and oxygen atoms in total. The molecular weight excluding hydrogens is 646 g/mol. The molecular formula is C37H46ClN5O4S. The summed E-state index contributed by atoms with van der Waals surface area (Å²) in [4.78, 5) is 12.1. The van der Waals surface area contributed by atoms with Gasteiger partial charge in [0.1, 0.15) is 10.8 Å². The lowest BCUT2D eigenvalue weighted by atomic mass is 9.84. The molecule has 11 heteroatoms. The summed E-state index contributed by atoms with van der Waals surface area (Å²) >= 11 is 6.52. The minimum Gasteiger partial charge on any atom is -0.489 e. The Hall–Kier alpha value is -3.18. The summed E-state index contributed by atoms with van der Waals surface area (Å²) in [6, 6.07) is 12.6. The number of benzene rings is 2. The third-order valence-electron chi connectivity index (χ3n) is 9.93. The molecule has 3 aromatic rings. The second-order valence-corrected chi connectivity index (χ2v) is 17.2. The molecule has 1 saturated heterocycles. The number of para-hydroxylation sites is 1. The van der Waals surface area contributed by atoms with Gasteiger partial charge in [0.25, 0.3) is 0 Å². The number of nitrogens with zero attached hydrogens (tertiary/aromatic N) is 3. The van der Waals surface area contributed by atoms with Crippen LogP contribution in [-0.4, -0.2) is 66.0 Å². The number of ether oxygens (including phenoxy) is 2. The monoisotopic (exact) mass is 691 g/mol. The molecule has 2 aromatic carbocycles. The second kappa shape index (κ2) is 13.3. The predicted molar refractivity (Wildman–Crippen MR) is 191 cm³/mol. The highest BCUT2D eigenvalue weighted by atomic mass is 35.5. The lowest BCUT2D eigenvalue weighted by molar-refractivity contribution is -0.0963. The Kier molecular flexibility index (Phi) is 9.21. The van der Waals surface area contributed by atoms with Crippen LogP contribution in [0.5, 0.6) is 5.75 Å². The molecule has 48 heavy (non-hydrogen) atoms. The van der Waals surface area contributed by atoms with Gasteiger partial charge in [0.15, 0.2) is 15.7 Å². The first-order chi connectivity index (χ1) is 23.0. The van der Waals surface area contributed by atoms with E-state index in [4.69, 9.17) is 21.1 Å². The maximum Gasteiger partial charge on any atom is 0.229 e. The van der Waals surface area contributed by atoms with E-state index in [1.165, 1.54) is 43.0 Å². The Balaban J connectivity index is 1.20. The first-order valence-electron chi connectivity index (χ1n) is 17.3. The molecule has 4 aliphatic rings. The third kappa shape index (κ3) is 6.82. The van der Waals surface area contributed by atoms with E-state index in [1.54, 1.807) is 38.1 Å². The molecule has 3 fully saturated rings. The number of nitrogens with one attached hydrogen (secondary N) is 2. The first-order valence-corrected chi connectivity index (χ1v) is 19.2. The van der Waals surface area contributed by atoms with Gasteiger partial charge in [0, 0.05) is 12.1 Å². The highest BCUT2D eigenvalue weighted by Gasteiger charge is 2.49. The number of rotatable bonds is 12. The largest absolute Gasteiger partial charge is 0.489 e. The van der Waals surface area contributed by atoms with Crippen molar-refractivity contribution in [1.82, 2.24) is 14.9 Å².